The average Bonchev–Trinajstić information content (AvgIpc) is 2.70. The summed E-state index contributed by atoms with van der Waals surface area (Å²) in [5, 5.41) is 6.06. The highest BCUT2D eigenvalue weighted by Crippen LogP contribution is 2.35. The van der Waals surface area contributed by atoms with Gasteiger partial charge in [0.25, 0.3) is 0 Å². The first-order chi connectivity index (χ1) is 14.1. The summed E-state index contributed by atoms with van der Waals surface area (Å²) in [7, 11) is 1.61. The Labute approximate surface area is 171 Å². The molecule has 0 unspecified atom stereocenters. The van der Waals surface area contributed by atoms with E-state index in [1.807, 2.05) is 30.3 Å². The van der Waals surface area contributed by atoms with Gasteiger partial charge in [0, 0.05) is 36.4 Å². The minimum absolute atomic E-state index is 0.167. The van der Waals surface area contributed by atoms with E-state index in [0.29, 0.717) is 17.8 Å². The maximum atomic E-state index is 13.2. The lowest BCUT2D eigenvalue weighted by Crippen LogP contribution is -2.56. The molecule has 0 spiro atoms. The van der Waals surface area contributed by atoms with Crippen LogP contribution in [0.15, 0.2) is 48.5 Å². The summed E-state index contributed by atoms with van der Waals surface area (Å²) in [6.45, 7) is 0.846. The molecule has 154 valence electrons. The molecule has 2 amide bonds. The van der Waals surface area contributed by atoms with Crippen LogP contribution >= 0.6 is 0 Å². The Morgan fingerprint density at radius 3 is 2.55 bits per heavy atom. The van der Waals surface area contributed by atoms with E-state index in [-0.39, 0.29) is 17.9 Å². The minimum Gasteiger partial charge on any atom is -0.497 e. The number of ether oxygens (including phenoxy) is 1. The van der Waals surface area contributed by atoms with E-state index in [1.54, 1.807) is 13.2 Å². The number of carbonyl (C=O) groups is 1. The SMILES string of the molecule is COc1cccc(NC(=O)NC2C[C@H]3CCC[C@H](C2)N3Cc2ccc(F)cc2)c1. The van der Waals surface area contributed by atoms with Crippen LogP contribution < -0.4 is 15.4 Å². The van der Waals surface area contributed by atoms with Gasteiger partial charge in [-0.05, 0) is 55.5 Å². The third-order valence-electron chi connectivity index (χ3n) is 6.07. The molecule has 0 aliphatic carbocycles. The van der Waals surface area contributed by atoms with Gasteiger partial charge in [0.05, 0.1) is 7.11 Å². The Kier molecular flexibility index (Phi) is 6.00. The number of piperidine rings is 2. The molecule has 2 aliphatic rings. The number of nitrogens with zero attached hydrogens (tertiary/aromatic N) is 1. The number of urea groups is 1. The predicted molar refractivity (Wildman–Crippen MR) is 112 cm³/mol. The third-order valence-corrected chi connectivity index (χ3v) is 6.07. The van der Waals surface area contributed by atoms with Crippen molar-refractivity contribution in [2.24, 2.45) is 0 Å². The van der Waals surface area contributed by atoms with Crippen LogP contribution in [-0.4, -0.2) is 36.2 Å². The quantitative estimate of drug-likeness (QED) is 0.779. The molecular formula is C23H28FN3O2. The fourth-order valence-corrected chi connectivity index (χ4v) is 4.71. The molecular weight excluding hydrogens is 369 g/mol. The van der Waals surface area contributed by atoms with Crippen LogP contribution in [0.2, 0.25) is 0 Å². The normalized spacial score (nSPS) is 24.0. The fourth-order valence-electron chi connectivity index (χ4n) is 4.71. The number of nitrogens with one attached hydrogen (secondary N) is 2. The lowest BCUT2D eigenvalue weighted by atomic mass is 9.81. The largest absolute Gasteiger partial charge is 0.497 e. The Balaban J connectivity index is 1.35. The molecule has 2 heterocycles. The molecule has 2 aromatic rings. The van der Waals surface area contributed by atoms with Crippen LogP contribution in [0.3, 0.4) is 0 Å². The van der Waals surface area contributed by atoms with Gasteiger partial charge in [0.15, 0.2) is 0 Å². The van der Waals surface area contributed by atoms with Crippen LogP contribution in [0.5, 0.6) is 5.75 Å². The Hall–Kier alpha value is -2.60. The molecule has 5 nitrogen and oxygen atoms in total. The van der Waals surface area contributed by atoms with Gasteiger partial charge in [0.2, 0.25) is 0 Å². The highest BCUT2D eigenvalue weighted by molar-refractivity contribution is 5.89. The second kappa shape index (κ2) is 8.82. The number of hydrogen-bond acceptors (Lipinski definition) is 3. The number of methoxy groups -OCH3 is 1. The second-order valence-electron chi connectivity index (χ2n) is 8.04. The maximum Gasteiger partial charge on any atom is 0.319 e. The molecule has 2 aliphatic heterocycles. The summed E-state index contributed by atoms with van der Waals surface area (Å²) in [6.07, 6.45) is 5.42. The monoisotopic (exact) mass is 397 g/mol. The molecule has 29 heavy (non-hydrogen) atoms. The third kappa shape index (κ3) is 4.88. The van der Waals surface area contributed by atoms with Crippen LogP contribution in [0.1, 0.15) is 37.7 Å². The first-order valence-corrected chi connectivity index (χ1v) is 10.3. The molecule has 2 atom stereocenters. The van der Waals surface area contributed by atoms with E-state index in [2.05, 4.69) is 15.5 Å². The van der Waals surface area contributed by atoms with Gasteiger partial charge < -0.3 is 15.4 Å². The van der Waals surface area contributed by atoms with Crippen molar-refractivity contribution >= 4 is 11.7 Å². The zero-order valence-electron chi connectivity index (χ0n) is 16.7. The molecule has 6 heteroatoms. The number of amides is 2. The number of rotatable bonds is 5. The Bertz CT molecular complexity index is 828. The summed E-state index contributed by atoms with van der Waals surface area (Å²) in [4.78, 5) is 15.0. The van der Waals surface area contributed by atoms with Crippen LogP contribution in [0.4, 0.5) is 14.9 Å². The van der Waals surface area contributed by atoms with Crippen molar-refractivity contribution in [1.82, 2.24) is 10.2 Å². The van der Waals surface area contributed by atoms with E-state index in [0.717, 1.165) is 43.5 Å². The zero-order valence-corrected chi connectivity index (χ0v) is 16.7. The molecule has 0 aromatic heterocycles. The molecule has 4 rings (SSSR count). The van der Waals surface area contributed by atoms with Crippen molar-refractivity contribution in [1.29, 1.82) is 0 Å². The van der Waals surface area contributed by atoms with Gasteiger partial charge in [-0.1, -0.05) is 24.6 Å². The summed E-state index contributed by atoms with van der Waals surface area (Å²) < 4.78 is 18.4. The zero-order chi connectivity index (χ0) is 20.2. The molecule has 2 saturated heterocycles. The van der Waals surface area contributed by atoms with E-state index in [9.17, 15) is 9.18 Å². The van der Waals surface area contributed by atoms with Gasteiger partial charge in [-0.15, -0.1) is 0 Å². The van der Waals surface area contributed by atoms with E-state index in [1.165, 1.54) is 18.6 Å². The summed E-state index contributed by atoms with van der Waals surface area (Å²) in [5.74, 6) is 0.519. The lowest BCUT2D eigenvalue weighted by molar-refractivity contribution is 0.0200. The number of carbonyl (C=O) groups excluding carboxylic acids is 1. The summed E-state index contributed by atoms with van der Waals surface area (Å²) in [5.41, 5.74) is 1.86. The number of anilines is 1. The predicted octanol–water partition coefficient (Wildman–Crippen LogP) is 4.54. The number of hydrogen-bond donors (Lipinski definition) is 2. The van der Waals surface area contributed by atoms with E-state index >= 15 is 0 Å². The van der Waals surface area contributed by atoms with Crippen molar-refractivity contribution < 1.29 is 13.9 Å². The second-order valence-corrected chi connectivity index (χ2v) is 8.04. The topological polar surface area (TPSA) is 53.6 Å². The Morgan fingerprint density at radius 1 is 1.14 bits per heavy atom. The highest BCUT2D eigenvalue weighted by atomic mass is 19.1. The van der Waals surface area contributed by atoms with E-state index < -0.39 is 0 Å². The fraction of sp³-hybridized carbons (Fsp3) is 0.435. The van der Waals surface area contributed by atoms with E-state index in [4.69, 9.17) is 4.74 Å². The molecule has 2 fully saturated rings. The Morgan fingerprint density at radius 2 is 1.86 bits per heavy atom. The van der Waals surface area contributed by atoms with Gasteiger partial charge in [-0.2, -0.15) is 0 Å². The standard InChI is InChI=1S/C23H28FN3O2/c1-29-22-7-2-4-18(14-22)25-23(28)26-19-12-20-5-3-6-21(13-19)27(20)15-16-8-10-17(24)11-9-16/h2,4,7-11,14,19-21H,3,5-6,12-13,15H2,1H3,(H2,25,26,28)/t20-,21-/m1/s1. The first-order valence-electron chi connectivity index (χ1n) is 10.3. The van der Waals surface area contributed by atoms with Gasteiger partial charge in [-0.3, -0.25) is 4.90 Å². The van der Waals surface area contributed by atoms with Gasteiger partial charge >= 0.3 is 6.03 Å². The number of fused-ring (bicyclic) bond motifs is 2. The van der Waals surface area contributed by atoms with Crippen molar-refractivity contribution in [3.63, 3.8) is 0 Å². The van der Waals surface area contributed by atoms with Crippen LogP contribution in [0.25, 0.3) is 0 Å². The highest BCUT2D eigenvalue weighted by Gasteiger charge is 2.38. The molecule has 0 saturated carbocycles. The first kappa shape index (κ1) is 19.7. The molecule has 2 aromatic carbocycles. The summed E-state index contributed by atoms with van der Waals surface area (Å²) >= 11 is 0. The molecule has 2 N–H and O–H groups in total. The molecule has 2 bridgehead atoms. The number of benzene rings is 2. The van der Waals surface area contributed by atoms with Crippen molar-refractivity contribution in [2.75, 3.05) is 12.4 Å². The maximum absolute atomic E-state index is 13.2. The van der Waals surface area contributed by atoms with Crippen LogP contribution in [-0.2, 0) is 6.54 Å². The average molecular weight is 397 g/mol. The van der Waals surface area contributed by atoms with Crippen LogP contribution in [0, 0.1) is 5.82 Å². The van der Waals surface area contributed by atoms with Gasteiger partial charge in [-0.25, -0.2) is 9.18 Å². The van der Waals surface area contributed by atoms with Crippen molar-refractivity contribution in [3.05, 3.63) is 59.9 Å². The lowest BCUT2D eigenvalue weighted by Gasteiger charge is -2.49. The van der Waals surface area contributed by atoms with Crippen molar-refractivity contribution in [3.8, 4) is 5.75 Å². The minimum atomic E-state index is -0.195. The van der Waals surface area contributed by atoms with Crippen molar-refractivity contribution in [2.45, 2.75) is 56.8 Å². The molecule has 0 radical (unpaired) electrons. The smallest absolute Gasteiger partial charge is 0.319 e. The number of halogens is 1. The van der Waals surface area contributed by atoms with Gasteiger partial charge in [0.1, 0.15) is 11.6 Å². The summed E-state index contributed by atoms with van der Waals surface area (Å²) in [6, 6.07) is 15.1.